The van der Waals surface area contributed by atoms with Gasteiger partial charge < -0.3 is 14.2 Å². The number of hydrogen-bond donors (Lipinski definition) is 0. The van der Waals surface area contributed by atoms with Crippen LogP contribution in [0.2, 0.25) is 0 Å². The zero-order valence-corrected chi connectivity index (χ0v) is 17.6. The Bertz CT molecular complexity index is 880. The van der Waals surface area contributed by atoms with Gasteiger partial charge in [-0.1, -0.05) is 35.5 Å². The number of fused-ring (bicyclic) bond motifs is 1. The number of benzene rings is 1. The summed E-state index contributed by atoms with van der Waals surface area (Å²) in [6.45, 7) is 6.84. The minimum Gasteiger partial charge on any atom is -0.381 e. The van der Waals surface area contributed by atoms with Gasteiger partial charge in [0, 0.05) is 57.8 Å². The molecule has 2 aromatic rings. The maximum absolute atomic E-state index is 13.0. The van der Waals surface area contributed by atoms with Crippen LogP contribution in [0.4, 0.5) is 0 Å². The summed E-state index contributed by atoms with van der Waals surface area (Å²) in [5, 5.41) is 4.07. The molecule has 160 valence electrons. The number of nitrogens with zero attached hydrogens (tertiary/aromatic N) is 4. The van der Waals surface area contributed by atoms with Crippen LogP contribution in [0.3, 0.4) is 0 Å². The predicted octanol–water partition coefficient (Wildman–Crippen LogP) is 2.20. The SMILES string of the molecule is Cc1noc([C@]23CN(C(=O)CCc4ccccc4)C[C@H]2CN(C2CCOCC2)C3)n1. The van der Waals surface area contributed by atoms with E-state index in [0.717, 1.165) is 52.1 Å². The van der Waals surface area contributed by atoms with Crippen molar-refractivity contribution in [1.29, 1.82) is 0 Å². The van der Waals surface area contributed by atoms with Gasteiger partial charge in [0.15, 0.2) is 5.82 Å². The van der Waals surface area contributed by atoms with Gasteiger partial charge in [-0.25, -0.2) is 0 Å². The van der Waals surface area contributed by atoms with Crippen LogP contribution in [0, 0.1) is 12.8 Å². The van der Waals surface area contributed by atoms with Crippen LogP contribution >= 0.6 is 0 Å². The predicted molar refractivity (Wildman–Crippen MR) is 111 cm³/mol. The van der Waals surface area contributed by atoms with E-state index in [1.54, 1.807) is 0 Å². The van der Waals surface area contributed by atoms with E-state index < -0.39 is 0 Å². The average molecular weight is 411 g/mol. The first-order valence-electron chi connectivity index (χ1n) is 11.1. The Labute approximate surface area is 177 Å². The lowest BCUT2D eigenvalue weighted by Gasteiger charge is -2.33. The highest BCUT2D eigenvalue weighted by molar-refractivity contribution is 5.77. The molecule has 0 bridgehead atoms. The quantitative estimate of drug-likeness (QED) is 0.753. The molecule has 5 rings (SSSR count). The van der Waals surface area contributed by atoms with Crippen LogP contribution < -0.4 is 0 Å². The van der Waals surface area contributed by atoms with Crippen LogP contribution in [-0.4, -0.2) is 71.3 Å². The summed E-state index contributed by atoms with van der Waals surface area (Å²) in [7, 11) is 0. The van der Waals surface area contributed by atoms with Gasteiger partial charge in [0.05, 0.1) is 5.41 Å². The molecule has 7 nitrogen and oxygen atoms in total. The highest BCUT2D eigenvalue weighted by atomic mass is 16.5. The minimum atomic E-state index is -0.248. The fraction of sp³-hybridized carbons (Fsp3) is 0.609. The standard InChI is InChI=1S/C23H30N4O3/c1-17-24-22(30-25-17)23-15-26(20-9-11-29-12-10-20)13-19(23)14-27(16-23)21(28)8-7-18-5-3-2-4-6-18/h2-6,19-20H,7-16H2,1H3/t19-,23-/m1/s1. The summed E-state index contributed by atoms with van der Waals surface area (Å²) in [6, 6.07) is 10.8. The fourth-order valence-electron chi connectivity index (χ4n) is 5.48. The van der Waals surface area contributed by atoms with Crippen molar-refractivity contribution in [3.05, 3.63) is 47.6 Å². The van der Waals surface area contributed by atoms with Gasteiger partial charge in [-0.05, 0) is 31.7 Å². The Kier molecular flexibility index (Phi) is 5.33. The topological polar surface area (TPSA) is 71.7 Å². The molecule has 0 unspecified atom stereocenters. The Morgan fingerprint density at radius 1 is 1.17 bits per heavy atom. The molecule has 0 N–H and O–H groups in total. The lowest BCUT2D eigenvalue weighted by Crippen LogP contribution is -2.44. The van der Waals surface area contributed by atoms with Crippen molar-refractivity contribution in [3.8, 4) is 0 Å². The number of amides is 1. The van der Waals surface area contributed by atoms with E-state index in [1.165, 1.54) is 5.56 Å². The molecule has 1 aromatic heterocycles. The monoisotopic (exact) mass is 410 g/mol. The summed E-state index contributed by atoms with van der Waals surface area (Å²) in [4.78, 5) is 22.3. The van der Waals surface area contributed by atoms with Crippen LogP contribution in [0.25, 0.3) is 0 Å². The van der Waals surface area contributed by atoms with Crippen LogP contribution in [0.1, 0.15) is 36.5 Å². The first-order valence-corrected chi connectivity index (χ1v) is 11.1. The van der Waals surface area contributed by atoms with Crippen LogP contribution in [0.15, 0.2) is 34.9 Å². The Hall–Kier alpha value is -2.25. The number of carbonyl (C=O) groups excluding carboxylic acids is 1. The summed E-state index contributed by atoms with van der Waals surface area (Å²) in [6.07, 6.45) is 3.47. The van der Waals surface area contributed by atoms with Crippen LogP contribution in [-0.2, 0) is 21.4 Å². The number of aromatic nitrogens is 2. The molecule has 4 heterocycles. The van der Waals surface area contributed by atoms with Crippen molar-refractivity contribution in [2.45, 2.75) is 44.1 Å². The zero-order valence-electron chi connectivity index (χ0n) is 17.6. The average Bonchev–Trinajstić information content (AvgIpc) is 3.46. The van der Waals surface area contributed by atoms with Gasteiger partial charge in [0.25, 0.3) is 0 Å². The Morgan fingerprint density at radius 2 is 1.97 bits per heavy atom. The summed E-state index contributed by atoms with van der Waals surface area (Å²) in [5.74, 6) is 1.93. The van der Waals surface area contributed by atoms with Gasteiger partial charge in [-0.2, -0.15) is 4.98 Å². The summed E-state index contributed by atoms with van der Waals surface area (Å²) >= 11 is 0. The van der Waals surface area contributed by atoms with Crippen molar-refractivity contribution in [1.82, 2.24) is 19.9 Å². The number of carbonyl (C=O) groups is 1. The van der Waals surface area contributed by atoms with E-state index in [2.05, 4.69) is 27.2 Å². The number of likely N-dealkylation sites (tertiary alicyclic amines) is 2. The van der Waals surface area contributed by atoms with E-state index in [4.69, 9.17) is 9.26 Å². The first-order chi connectivity index (χ1) is 14.6. The molecular formula is C23H30N4O3. The highest BCUT2D eigenvalue weighted by Gasteiger charge is 2.58. The highest BCUT2D eigenvalue weighted by Crippen LogP contribution is 2.45. The molecule has 0 saturated carbocycles. The second kappa shape index (κ2) is 8.12. The largest absolute Gasteiger partial charge is 0.381 e. The maximum Gasteiger partial charge on any atom is 0.236 e. The van der Waals surface area contributed by atoms with Gasteiger partial charge in [-0.3, -0.25) is 9.69 Å². The number of hydrogen-bond acceptors (Lipinski definition) is 6. The Morgan fingerprint density at radius 3 is 2.70 bits per heavy atom. The van der Waals surface area contributed by atoms with Crippen molar-refractivity contribution in [3.63, 3.8) is 0 Å². The molecule has 3 aliphatic rings. The molecular weight excluding hydrogens is 380 g/mol. The van der Waals surface area contributed by atoms with Gasteiger partial charge >= 0.3 is 0 Å². The zero-order chi connectivity index (χ0) is 20.6. The molecule has 3 saturated heterocycles. The molecule has 1 aromatic carbocycles. The second-order valence-electron chi connectivity index (χ2n) is 9.03. The van der Waals surface area contributed by atoms with E-state index in [9.17, 15) is 4.79 Å². The van der Waals surface area contributed by atoms with Gasteiger partial charge in [-0.15, -0.1) is 0 Å². The lowest BCUT2D eigenvalue weighted by atomic mass is 9.81. The lowest BCUT2D eigenvalue weighted by molar-refractivity contribution is -0.130. The van der Waals surface area contributed by atoms with E-state index >= 15 is 0 Å². The van der Waals surface area contributed by atoms with E-state index in [-0.39, 0.29) is 11.3 Å². The minimum absolute atomic E-state index is 0.224. The maximum atomic E-state index is 13.0. The molecule has 0 aliphatic carbocycles. The molecule has 7 heteroatoms. The third kappa shape index (κ3) is 3.65. The van der Waals surface area contributed by atoms with E-state index in [0.29, 0.717) is 36.6 Å². The summed E-state index contributed by atoms with van der Waals surface area (Å²) < 4.78 is 11.3. The smallest absolute Gasteiger partial charge is 0.236 e. The number of aryl methyl sites for hydroxylation is 2. The number of rotatable bonds is 5. The third-order valence-corrected chi connectivity index (χ3v) is 7.12. The molecule has 0 spiro atoms. The Balaban J connectivity index is 1.31. The fourth-order valence-corrected chi connectivity index (χ4v) is 5.48. The second-order valence-corrected chi connectivity index (χ2v) is 9.03. The molecule has 30 heavy (non-hydrogen) atoms. The summed E-state index contributed by atoms with van der Waals surface area (Å²) in [5.41, 5.74) is 0.959. The molecule has 3 aliphatic heterocycles. The third-order valence-electron chi connectivity index (χ3n) is 7.12. The molecule has 0 radical (unpaired) electrons. The van der Waals surface area contributed by atoms with Gasteiger partial charge in [0.2, 0.25) is 11.8 Å². The number of ether oxygens (including phenoxy) is 1. The van der Waals surface area contributed by atoms with E-state index in [1.807, 2.05) is 30.0 Å². The molecule has 3 fully saturated rings. The van der Waals surface area contributed by atoms with Crippen molar-refractivity contribution in [2.24, 2.45) is 5.92 Å². The van der Waals surface area contributed by atoms with Crippen molar-refractivity contribution < 1.29 is 14.1 Å². The first kappa shape index (κ1) is 19.7. The molecule has 1 amide bonds. The van der Waals surface area contributed by atoms with Gasteiger partial charge in [0.1, 0.15) is 0 Å². The van der Waals surface area contributed by atoms with Crippen molar-refractivity contribution >= 4 is 5.91 Å². The molecule has 2 atom stereocenters. The normalized spacial score (nSPS) is 27.5. The van der Waals surface area contributed by atoms with Crippen molar-refractivity contribution in [2.75, 3.05) is 39.4 Å². The van der Waals surface area contributed by atoms with Crippen LogP contribution in [0.5, 0.6) is 0 Å².